The summed E-state index contributed by atoms with van der Waals surface area (Å²) in [6, 6.07) is 84.0. The van der Waals surface area contributed by atoms with Gasteiger partial charge < -0.3 is 9.80 Å². The average Bonchev–Trinajstić information content (AvgIpc) is 0.685. The van der Waals surface area contributed by atoms with Crippen LogP contribution >= 0.6 is 0 Å². The van der Waals surface area contributed by atoms with E-state index < -0.39 is 0 Å². The van der Waals surface area contributed by atoms with Crippen molar-refractivity contribution in [1.82, 2.24) is 0 Å². The molecule has 0 fully saturated rings. The number of nitrogens with zero attached hydrogens (tertiary/aromatic N) is 2. The molecule has 0 aliphatic carbocycles. The van der Waals surface area contributed by atoms with Crippen molar-refractivity contribution in [2.24, 2.45) is 0 Å². The molecule has 11 aromatic rings. The van der Waals surface area contributed by atoms with Crippen LogP contribution in [-0.4, -0.2) is 6.71 Å². The number of rotatable bonds is 12. The summed E-state index contributed by atoms with van der Waals surface area (Å²) in [4.78, 5) is 5.64. The first-order valence-corrected chi connectivity index (χ1v) is 40.9. The minimum atomic E-state index is -0.328. The fourth-order valence-electron chi connectivity index (χ4n) is 16.7. The van der Waals surface area contributed by atoms with E-state index in [9.17, 15) is 0 Å². The van der Waals surface area contributed by atoms with Crippen LogP contribution in [-0.2, 0) is 37.9 Å². The smallest absolute Gasteiger partial charge is 0.252 e. The second-order valence-corrected chi connectivity index (χ2v) is 40.8. The predicted molar refractivity (Wildman–Crippen MR) is 480 cm³/mol. The van der Waals surface area contributed by atoms with E-state index in [-0.39, 0.29) is 56.5 Å². The fourth-order valence-corrected chi connectivity index (χ4v) is 16.7. The summed E-state index contributed by atoms with van der Waals surface area (Å²) >= 11 is 0. The van der Waals surface area contributed by atoms with Gasteiger partial charge in [0, 0.05) is 45.0 Å². The molecule has 3 heteroatoms. The summed E-state index contributed by atoms with van der Waals surface area (Å²) in [5, 5.41) is 0. The van der Waals surface area contributed by atoms with E-state index in [4.69, 9.17) is 0 Å². The molecule has 109 heavy (non-hydrogen) atoms. The lowest BCUT2D eigenvalue weighted by atomic mass is 9.33. The summed E-state index contributed by atoms with van der Waals surface area (Å²) in [6.07, 6.45) is 0. The molecule has 0 spiro atoms. The van der Waals surface area contributed by atoms with Gasteiger partial charge in [-0.05, 0) is 232 Å². The van der Waals surface area contributed by atoms with Crippen LogP contribution in [0.15, 0.2) is 206 Å². The number of benzene rings is 11. The molecule has 562 valence electrons. The van der Waals surface area contributed by atoms with Crippen molar-refractivity contribution < 1.29 is 0 Å². The zero-order chi connectivity index (χ0) is 79.1. The Kier molecular flexibility index (Phi) is 20.2. The van der Waals surface area contributed by atoms with Gasteiger partial charge >= 0.3 is 0 Å². The molecule has 11 aromatic carbocycles. The van der Waals surface area contributed by atoms with Crippen LogP contribution in [0.4, 0.5) is 34.1 Å². The van der Waals surface area contributed by atoms with E-state index in [1.807, 2.05) is 0 Å². The molecular formula is C106H125BN2. The van der Waals surface area contributed by atoms with E-state index in [2.05, 4.69) is 417 Å². The van der Waals surface area contributed by atoms with Crippen LogP contribution in [0.2, 0.25) is 0 Å². The molecule has 2 aliphatic heterocycles. The third-order valence-corrected chi connectivity index (χ3v) is 23.8. The van der Waals surface area contributed by atoms with E-state index in [1.165, 1.54) is 178 Å². The van der Waals surface area contributed by atoms with Crippen molar-refractivity contribution in [3.63, 3.8) is 0 Å². The minimum Gasteiger partial charge on any atom is -0.310 e. The Morgan fingerprint density at radius 2 is 0.495 bits per heavy atom. The van der Waals surface area contributed by atoms with E-state index in [1.54, 1.807) is 0 Å². The monoisotopic (exact) mass is 1440 g/mol. The minimum absolute atomic E-state index is 0.115. The summed E-state index contributed by atoms with van der Waals surface area (Å²) in [7, 11) is 0. The van der Waals surface area contributed by atoms with Crippen LogP contribution in [0.5, 0.6) is 0 Å². The van der Waals surface area contributed by atoms with Crippen molar-refractivity contribution in [3.8, 4) is 66.8 Å². The Hall–Kier alpha value is -8.92. The van der Waals surface area contributed by atoms with Crippen molar-refractivity contribution in [2.45, 2.75) is 262 Å². The molecule has 0 N–H and O–H groups in total. The summed E-state index contributed by atoms with van der Waals surface area (Å²) in [6.45, 7) is 68.7. The first-order chi connectivity index (χ1) is 50.8. The second-order valence-electron chi connectivity index (χ2n) is 40.8. The second kappa shape index (κ2) is 28.1. The molecule has 13 rings (SSSR count). The Morgan fingerprint density at radius 3 is 0.752 bits per heavy atom. The highest BCUT2D eigenvalue weighted by molar-refractivity contribution is 7.00. The molecule has 2 heterocycles. The van der Waals surface area contributed by atoms with E-state index in [0.717, 1.165) is 0 Å². The summed E-state index contributed by atoms with van der Waals surface area (Å²) < 4.78 is 0. The van der Waals surface area contributed by atoms with Gasteiger partial charge in [-0.2, -0.15) is 0 Å². The van der Waals surface area contributed by atoms with Crippen molar-refractivity contribution in [3.05, 3.63) is 267 Å². The van der Waals surface area contributed by atoms with Gasteiger partial charge in [0.05, 0.1) is 11.4 Å². The molecule has 0 amide bonds. The molecule has 2 aliphatic rings. The Balaban J connectivity index is 1.30. The van der Waals surface area contributed by atoms with E-state index in [0.29, 0.717) is 11.8 Å². The van der Waals surface area contributed by atoms with Gasteiger partial charge in [-0.25, -0.2) is 0 Å². The number of hydrogen-bond donors (Lipinski definition) is 0. The third kappa shape index (κ3) is 15.1. The van der Waals surface area contributed by atoms with E-state index >= 15 is 0 Å². The van der Waals surface area contributed by atoms with Gasteiger partial charge in [-0.3, -0.25) is 0 Å². The summed E-state index contributed by atoms with van der Waals surface area (Å²) in [5.41, 5.74) is 39.1. The highest BCUT2D eigenvalue weighted by Gasteiger charge is 2.47. The molecule has 2 nitrogen and oxygen atoms in total. The first kappa shape index (κ1) is 78.2. The quantitative estimate of drug-likeness (QED) is 0.113. The zero-order valence-corrected chi connectivity index (χ0v) is 71.9. The number of hydrogen-bond acceptors (Lipinski definition) is 2. The van der Waals surface area contributed by atoms with Gasteiger partial charge in [0.25, 0.3) is 6.71 Å². The highest BCUT2D eigenvalue weighted by Crippen LogP contribution is 2.57. The SMILES string of the molecule is CC(C)c1ccc(-c2ccc3c(c2)N(c2c(-c4cccc(C(C)(C)C)c4)cc(C(C)(C)C)cc2-c2cccc(C(C)(C)C)c2)c2cc(C(C)(C)C)cc4c2B3c2ccc(-c3ccc(C(C)C)cc3C(C)C)cc2N4c2c(-c3cccc(C(C)(C)C)c3)cc(C(C)(C)C)cc2-c2cccc(C(C)(C)C)c2)c(C(C)C)c1. The molecule has 0 unspecified atom stereocenters. The third-order valence-electron chi connectivity index (χ3n) is 23.8. The number of fused-ring (bicyclic) bond motifs is 4. The molecule has 0 bridgehead atoms. The largest absolute Gasteiger partial charge is 0.310 e. The first-order valence-electron chi connectivity index (χ1n) is 40.9. The molecule has 0 saturated heterocycles. The lowest BCUT2D eigenvalue weighted by Crippen LogP contribution is -2.61. The molecule has 0 saturated carbocycles. The average molecular weight is 1440 g/mol. The topological polar surface area (TPSA) is 6.48 Å². The van der Waals surface area contributed by atoms with Crippen molar-refractivity contribution in [1.29, 1.82) is 0 Å². The van der Waals surface area contributed by atoms with Crippen LogP contribution < -0.4 is 26.2 Å². The Morgan fingerprint density at radius 1 is 0.229 bits per heavy atom. The Bertz CT molecular complexity index is 4840. The standard InChI is InChI=1S/C106H125BN2/c1-64(2)68-42-46-83(85(54-68)66(5)6)74-44-48-91-93(56-74)108(98-87(70-34-30-38-76(50-70)100(9,10)11)58-80(104(21,22)23)59-88(98)71-35-31-39-77(51-71)101(12,13)14)95-62-82(106(27,28)29)63-96-97(95)107(91)92-49-45-75(84-47-43-69(65(3)4)55-86(84)67(7)8)57-94(92)109(96)99-89(72-36-32-40-78(52-72)102(15,16)17)60-81(105(24,25)26)61-90(99)73-37-33-41-79(53-73)103(18,19)20/h30-67H,1-29H3. The van der Waals surface area contributed by atoms with Gasteiger partial charge in [-0.1, -0.05) is 359 Å². The maximum Gasteiger partial charge on any atom is 0.252 e. The summed E-state index contributed by atoms with van der Waals surface area (Å²) in [5.74, 6) is 1.36. The van der Waals surface area contributed by atoms with Crippen LogP contribution in [0, 0.1) is 0 Å². The zero-order valence-electron chi connectivity index (χ0n) is 71.9. The molecule has 0 radical (unpaired) electrons. The van der Waals surface area contributed by atoms with Gasteiger partial charge in [0.15, 0.2) is 0 Å². The Labute approximate surface area is 659 Å². The van der Waals surface area contributed by atoms with Crippen molar-refractivity contribution in [2.75, 3.05) is 9.80 Å². The maximum atomic E-state index is 2.82. The van der Waals surface area contributed by atoms with Crippen LogP contribution in [0.25, 0.3) is 66.8 Å². The predicted octanol–water partition coefficient (Wildman–Crippen LogP) is 29.3. The maximum absolute atomic E-state index is 2.82. The van der Waals surface area contributed by atoms with Gasteiger partial charge in [-0.15, -0.1) is 0 Å². The molecular weight excluding hydrogens is 1310 g/mol. The van der Waals surface area contributed by atoms with Gasteiger partial charge in [0.1, 0.15) is 0 Å². The molecule has 0 atom stereocenters. The lowest BCUT2D eigenvalue weighted by Gasteiger charge is -2.47. The fraction of sp³-hybridized carbons (Fsp3) is 0.377. The van der Waals surface area contributed by atoms with Crippen LogP contribution in [0.1, 0.15) is 286 Å². The number of anilines is 6. The molecule has 0 aromatic heterocycles. The van der Waals surface area contributed by atoms with Gasteiger partial charge in [0.2, 0.25) is 0 Å². The lowest BCUT2D eigenvalue weighted by molar-refractivity contribution is 0.589. The highest BCUT2D eigenvalue weighted by atomic mass is 15.2. The van der Waals surface area contributed by atoms with Crippen LogP contribution in [0.3, 0.4) is 0 Å². The normalized spacial score (nSPS) is 13.6. The van der Waals surface area contributed by atoms with Crippen molar-refractivity contribution >= 4 is 57.2 Å².